The van der Waals surface area contributed by atoms with Crippen LogP contribution in [0.1, 0.15) is 55.7 Å². The average molecular weight is 273 g/mol. The second-order valence-electron chi connectivity index (χ2n) is 6.99. The summed E-state index contributed by atoms with van der Waals surface area (Å²) in [4.78, 5) is 0. The molecule has 0 aromatic heterocycles. The Bertz CT molecular complexity index is 470. The van der Waals surface area contributed by atoms with Crippen molar-refractivity contribution >= 4 is 0 Å². The van der Waals surface area contributed by atoms with Crippen molar-refractivity contribution in [1.29, 1.82) is 0 Å². The Hall–Kier alpha value is -0.860. The third-order valence-electron chi connectivity index (χ3n) is 5.01. The van der Waals surface area contributed by atoms with Gasteiger partial charge in [-0.1, -0.05) is 38.0 Å². The molecule has 0 heterocycles. The number of benzene rings is 1. The maximum Gasteiger partial charge on any atom is 0.0774 e. The van der Waals surface area contributed by atoms with Crippen molar-refractivity contribution in [1.82, 2.24) is 5.32 Å². The van der Waals surface area contributed by atoms with Crippen molar-refractivity contribution in [3.8, 4) is 0 Å². The third kappa shape index (κ3) is 3.24. The van der Waals surface area contributed by atoms with Gasteiger partial charge in [-0.15, -0.1) is 0 Å². The van der Waals surface area contributed by atoms with Crippen LogP contribution < -0.4 is 5.32 Å². The summed E-state index contributed by atoms with van der Waals surface area (Å²) in [7, 11) is 0. The maximum absolute atomic E-state index is 10.6. The summed E-state index contributed by atoms with van der Waals surface area (Å²) in [6, 6.07) is 6.88. The van der Waals surface area contributed by atoms with Crippen LogP contribution in [-0.2, 0) is 19.4 Å². The van der Waals surface area contributed by atoms with Crippen LogP contribution in [0.2, 0.25) is 0 Å². The highest BCUT2D eigenvalue weighted by Gasteiger charge is 2.31. The predicted octanol–water partition coefficient (Wildman–Crippen LogP) is 3.21. The van der Waals surface area contributed by atoms with Crippen LogP contribution in [0.3, 0.4) is 0 Å². The second-order valence-corrected chi connectivity index (χ2v) is 6.99. The number of aliphatic hydroxyl groups is 1. The van der Waals surface area contributed by atoms with Crippen LogP contribution in [0.4, 0.5) is 0 Å². The summed E-state index contributed by atoms with van der Waals surface area (Å²) >= 11 is 0. The van der Waals surface area contributed by atoms with E-state index in [1.54, 1.807) is 0 Å². The Labute approximate surface area is 122 Å². The van der Waals surface area contributed by atoms with Gasteiger partial charge in [0.05, 0.1) is 5.60 Å². The van der Waals surface area contributed by atoms with E-state index in [-0.39, 0.29) is 0 Å². The van der Waals surface area contributed by atoms with E-state index < -0.39 is 5.60 Å². The minimum atomic E-state index is -0.478. The van der Waals surface area contributed by atoms with Gasteiger partial charge in [0.25, 0.3) is 0 Å². The van der Waals surface area contributed by atoms with Crippen molar-refractivity contribution in [2.45, 2.75) is 64.0 Å². The van der Waals surface area contributed by atoms with Crippen molar-refractivity contribution < 1.29 is 5.11 Å². The van der Waals surface area contributed by atoms with E-state index in [0.29, 0.717) is 5.92 Å². The SMILES string of the molecule is CC1CCCC(O)(CNCc2ccc3c(c2)CCC3)C1. The van der Waals surface area contributed by atoms with E-state index in [4.69, 9.17) is 0 Å². The standard InChI is InChI=1S/C18H27NO/c1-14-4-3-9-18(20,11-14)13-19-12-15-7-8-16-5-2-6-17(16)10-15/h7-8,10,14,19-20H,2-6,9,11-13H2,1H3. The van der Waals surface area contributed by atoms with Gasteiger partial charge in [-0.3, -0.25) is 0 Å². The van der Waals surface area contributed by atoms with Gasteiger partial charge in [-0.25, -0.2) is 0 Å². The molecule has 2 nitrogen and oxygen atoms in total. The predicted molar refractivity (Wildman–Crippen MR) is 82.8 cm³/mol. The Morgan fingerprint density at radius 2 is 2.10 bits per heavy atom. The van der Waals surface area contributed by atoms with Gasteiger partial charge >= 0.3 is 0 Å². The Morgan fingerprint density at radius 3 is 2.95 bits per heavy atom. The van der Waals surface area contributed by atoms with Gasteiger partial charge < -0.3 is 10.4 Å². The van der Waals surface area contributed by atoms with Crippen LogP contribution in [-0.4, -0.2) is 17.3 Å². The van der Waals surface area contributed by atoms with Crippen LogP contribution >= 0.6 is 0 Å². The molecule has 2 aliphatic carbocycles. The van der Waals surface area contributed by atoms with E-state index >= 15 is 0 Å². The van der Waals surface area contributed by atoms with Crippen molar-refractivity contribution in [2.24, 2.45) is 5.92 Å². The topological polar surface area (TPSA) is 32.3 Å². The first kappa shape index (κ1) is 14.1. The molecular weight excluding hydrogens is 246 g/mol. The number of fused-ring (bicyclic) bond motifs is 1. The van der Waals surface area contributed by atoms with Gasteiger partial charge in [0.2, 0.25) is 0 Å². The zero-order chi connectivity index (χ0) is 14.0. The lowest BCUT2D eigenvalue weighted by atomic mass is 9.79. The van der Waals surface area contributed by atoms with Crippen LogP contribution in [0.5, 0.6) is 0 Å². The molecule has 0 amide bonds. The highest BCUT2D eigenvalue weighted by molar-refractivity contribution is 5.35. The molecule has 110 valence electrons. The molecule has 1 aromatic carbocycles. The zero-order valence-corrected chi connectivity index (χ0v) is 12.6. The molecule has 1 fully saturated rings. The lowest BCUT2D eigenvalue weighted by molar-refractivity contribution is -0.0119. The summed E-state index contributed by atoms with van der Waals surface area (Å²) in [6.07, 6.45) is 8.14. The number of hydrogen-bond acceptors (Lipinski definition) is 2. The minimum absolute atomic E-state index is 0.478. The molecule has 2 N–H and O–H groups in total. The van der Waals surface area contributed by atoms with E-state index in [0.717, 1.165) is 32.4 Å². The summed E-state index contributed by atoms with van der Waals surface area (Å²) in [5.41, 5.74) is 3.95. The Balaban J connectivity index is 1.52. The summed E-state index contributed by atoms with van der Waals surface area (Å²) in [5, 5.41) is 14.1. The number of aryl methyl sites for hydroxylation is 2. The molecule has 2 unspecified atom stereocenters. The lowest BCUT2D eigenvalue weighted by Crippen LogP contribution is -2.43. The Kier molecular flexibility index (Phi) is 4.13. The molecule has 1 aromatic rings. The maximum atomic E-state index is 10.6. The lowest BCUT2D eigenvalue weighted by Gasteiger charge is -2.35. The van der Waals surface area contributed by atoms with Gasteiger partial charge in [0, 0.05) is 13.1 Å². The summed E-state index contributed by atoms with van der Waals surface area (Å²) < 4.78 is 0. The first-order chi connectivity index (χ1) is 9.65. The number of nitrogens with one attached hydrogen (secondary N) is 1. The fraction of sp³-hybridized carbons (Fsp3) is 0.667. The van der Waals surface area contributed by atoms with E-state index in [1.165, 1.54) is 42.4 Å². The highest BCUT2D eigenvalue weighted by atomic mass is 16.3. The number of hydrogen-bond donors (Lipinski definition) is 2. The van der Waals surface area contributed by atoms with Crippen LogP contribution in [0.25, 0.3) is 0 Å². The van der Waals surface area contributed by atoms with Gasteiger partial charge in [-0.05, 0) is 54.7 Å². The molecule has 1 saturated carbocycles. The smallest absolute Gasteiger partial charge is 0.0774 e. The summed E-state index contributed by atoms with van der Waals surface area (Å²) in [5.74, 6) is 0.663. The molecule has 0 saturated heterocycles. The van der Waals surface area contributed by atoms with E-state index in [9.17, 15) is 5.11 Å². The van der Waals surface area contributed by atoms with Crippen LogP contribution in [0.15, 0.2) is 18.2 Å². The monoisotopic (exact) mass is 273 g/mol. The van der Waals surface area contributed by atoms with Crippen molar-refractivity contribution in [3.63, 3.8) is 0 Å². The van der Waals surface area contributed by atoms with Gasteiger partial charge in [0.15, 0.2) is 0 Å². The molecule has 20 heavy (non-hydrogen) atoms. The van der Waals surface area contributed by atoms with E-state index in [2.05, 4.69) is 30.4 Å². The van der Waals surface area contributed by atoms with Crippen molar-refractivity contribution in [3.05, 3.63) is 34.9 Å². The molecule has 2 atom stereocenters. The second kappa shape index (κ2) is 5.87. The third-order valence-corrected chi connectivity index (χ3v) is 5.01. The Morgan fingerprint density at radius 1 is 1.25 bits per heavy atom. The zero-order valence-electron chi connectivity index (χ0n) is 12.6. The van der Waals surface area contributed by atoms with Crippen molar-refractivity contribution in [2.75, 3.05) is 6.54 Å². The fourth-order valence-corrected chi connectivity index (χ4v) is 3.97. The summed E-state index contributed by atoms with van der Waals surface area (Å²) in [6.45, 7) is 3.86. The molecule has 0 radical (unpaired) electrons. The molecule has 2 aliphatic rings. The van der Waals surface area contributed by atoms with Gasteiger partial charge in [0.1, 0.15) is 0 Å². The first-order valence-corrected chi connectivity index (χ1v) is 8.18. The molecule has 0 aliphatic heterocycles. The molecule has 0 spiro atoms. The quantitative estimate of drug-likeness (QED) is 0.883. The molecule has 0 bridgehead atoms. The highest BCUT2D eigenvalue weighted by Crippen LogP contribution is 2.31. The molecular formula is C18H27NO. The minimum Gasteiger partial charge on any atom is -0.389 e. The first-order valence-electron chi connectivity index (χ1n) is 8.18. The van der Waals surface area contributed by atoms with Crippen LogP contribution in [0, 0.1) is 5.92 Å². The fourth-order valence-electron chi connectivity index (χ4n) is 3.97. The molecule has 2 heteroatoms. The molecule has 3 rings (SSSR count). The largest absolute Gasteiger partial charge is 0.389 e. The van der Waals surface area contributed by atoms with Gasteiger partial charge in [-0.2, -0.15) is 0 Å². The average Bonchev–Trinajstić information content (AvgIpc) is 2.85. The normalized spacial score (nSPS) is 29.4. The van der Waals surface area contributed by atoms with E-state index in [1.807, 2.05) is 0 Å². The number of rotatable bonds is 4.